The quantitative estimate of drug-likeness (QED) is 0.928. The number of carbonyl (C=O) groups is 1. The average molecular weight is 304 g/mol. The highest BCUT2D eigenvalue weighted by Gasteiger charge is 2.21. The molecular weight excluding hydrogens is 284 g/mol. The first-order chi connectivity index (χ1) is 10.7. The number of nitrogens with zero attached hydrogens (tertiary/aromatic N) is 3. The van der Waals surface area contributed by atoms with E-state index in [-0.39, 0.29) is 6.03 Å². The summed E-state index contributed by atoms with van der Waals surface area (Å²) in [6.07, 6.45) is 1.60. The second kappa shape index (κ2) is 6.65. The number of aryl methyl sites for hydroxylation is 1. The first-order valence-corrected chi connectivity index (χ1v) is 7.40. The fraction of sp³-hybridized carbons (Fsp3) is 0.467. The summed E-state index contributed by atoms with van der Waals surface area (Å²) < 4.78 is 10.3. The number of amides is 2. The Bertz CT molecular complexity index is 600. The Morgan fingerprint density at radius 3 is 2.82 bits per heavy atom. The van der Waals surface area contributed by atoms with Crippen molar-refractivity contribution in [2.24, 2.45) is 0 Å². The molecule has 0 radical (unpaired) electrons. The van der Waals surface area contributed by atoms with Crippen molar-refractivity contribution < 1.29 is 13.7 Å². The fourth-order valence-corrected chi connectivity index (χ4v) is 2.52. The number of aromatic nitrogens is 1. The van der Waals surface area contributed by atoms with Crippen LogP contribution in [0.15, 0.2) is 33.4 Å². The van der Waals surface area contributed by atoms with Crippen molar-refractivity contribution in [3.05, 3.63) is 41.7 Å². The van der Waals surface area contributed by atoms with Gasteiger partial charge in [0, 0.05) is 38.8 Å². The van der Waals surface area contributed by atoms with E-state index >= 15 is 0 Å². The van der Waals surface area contributed by atoms with Crippen LogP contribution < -0.4 is 5.32 Å². The standard InChI is InChI=1S/C15H20N4O3/c1-12-9-13(17-22-12)11-18-4-6-19(7-5-18)15(20)16-10-14-3-2-8-21-14/h2-3,8-9H,4-7,10-11H2,1H3,(H,16,20). The highest BCUT2D eigenvalue weighted by Crippen LogP contribution is 2.09. The molecule has 0 spiro atoms. The van der Waals surface area contributed by atoms with Gasteiger partial charge in [-0.05, 0) is 19.1 Å². The van der Waals surface area contributed by atoms with Gasteiger partial charge in [-0.25, -0.2) is 4.79 Å². The monoisotopic (exact) mass is 304 g/mol. The lowest BCUT2D eigenvalue weighted by molar-refractivity contribution is 0.133. The molecule has 1 N–H and O–H groups in total. The van der Waals surface area contributed by atoms with Gasteiger partial charge in [-0.3, -0.25) is 4.90 Å². The molecule has 7 heteroatoms. The zero-order valence-corrected chi connectivity index (χ0v) is 12.6. The molecule has 1 aliphatic heterocycles. The molecule has 3 rings (SSSR count). The Morgan fingerprint density at radius 2 is 2.18 bits per heavy atom. The van der Waals surface area contributed by atoms with Gasteiger partial charge in [0.15, 0.2) is 0 Å². The number of furan rings is 1. The molecule has 1 fully saturated rings. The van der Waals surface area contributed by atoms with Crippen molar-refractivity contribution in [3.63, 3.8) is 0 Å². The molecule has 0 aliphatic carbocycles. The lowest BCUT2D eigenvalue weighted by Crippen LogP contribution is -2.51. The summed E-state index contributed by atoms with van der Waals surface area (Å²) in [5.41, 5.74) is 0.938. The maximum absolute atomic E-state index is 12.1. The Morgan fingerprint density at radius 1 is 1.36 bits per heavy atom. The third-order valence-corrected chi connectivity index (χ3v) is 3.72. The number of nitrogens with one attached hydrogen (secondary N) is 1. The topological polar surface area (TPSA) is 74.8 Å². The number of piperazine rings is 1. The van der Waals surface area contributed by atoms with Crippen LogP contribution in [0, 0.1) is 6.92 Å². The van der Waals surface area contributed by atoms with Crippen LogP contribution in [0.5, 0.6) is 0 Å². The molecule has 0 aromatic carbocycles. The van der Waals surface area contributed by atoms with Gasteiger partial charge in [0.2, 0.25) is 0 Å². The highest BCUT2D eigenvalue weighted by molar-refractivity contribution is 5.74. The zero-order chi connectivity index (χ0) is 15.4. The number of hydrogen-bond donors (Lipinski definition) is 1. The Kier molecular flexibility index (Phi) is 4.43. The second-order valence-corrected chi connectivity index (χ2v) is 5.43. The molecule has 7 nitrogen and oxygen atoms in total. The number of urea groups is 1. The van der Waals surface area contributed by atoms with Crippen LogP contribution in [-0.4, -0.2) is 47.2 Å². The van der Waals surface area contributed by atoms with Crippen molar-refractivity contribution >= 4 is 6.03 Å². The summed E-state index contributed by atoms with van der Waals surface area (Å²) in [7, 11) is 0. The minimum Gasteiger partial charge on any atom is -0.467 e. The largest absolute Gasteiger partial charge is 0.467 e. The van der Waals surface area contributed by atoms with Crippen LogP contribution in [0.4, 0.5) is 4.79 Å². The minimum absolute atomic E-state index is 0.0478. The third kappa shape index (κ3) is 3.67. The van der Waals surface area contributed by atoms with Gasteiger partial charge in [-0.15, -0.1) is 0 Å². The Hall–Kier alpha value is -2.28. The molecular formula is C15H20N4O3. The van der Waals surface area contributed by atoms with Crippen LogP contribution in [0.2, 0.25) is 0 Å². The van der Waals surface area contributed by atoms with Gasteiger partial charge in [0.25, 0.3) is 0 Å². The molecule has 0 bridgehead atoms. The zero-order valence-electron chi connectivity index (χ0n) is 12.6. The maximum Gasteiger partial charge on any atom is 0.317 e. The van der Waals surface area contributed by atoms with E-state index in [2.05, 4.69) is 15.4 Å². The average Bonchev–Trinajstić information content (AvgIpc) is 3.17. The van der Waals surface area contributed by atoms with Crippen LogP contribution in [-0.2, 0) is 13.1 Å². The normalized spacial score (nSPS) is 16.0. The lowest BCUT2D eigenvalue weighted by atomic mass is 10.3. The maximum atomic E-state index is 12.1. The first-order valence-electron chi connectivity index (χ1n) is 7.40. The third-order valence-electron chi connectivity index (χ3n) is 3.72. The summed E-state index contributed by atoms with van der Waals surface area (Å²) >= 11 is 0. The van der Waals surface area contributed by atoms with Crippen molar-refractivity contribution in [2.75, 3.05) is 26.2 Å². The minimum atomic E-state index is -0.0478. The molecule has 1 aliphatic rings. The van der Waals surface area contributed by atoms with Gasteiger partial charge in [-0.2, -0.15) is 0 Å². The van der Waals surface area contributed by atoms with Crippen molar-refractivity contribution in [1.29, 1.82) is 0 Å². The van der Waals surface area contributed by atoms with E-state index in [1.165, 1.54) is 0 Å². The predicted molar refractivity (Wildman–Crippen MR) is 79.0 cm³/mol. The van der Waals surface area contributed by atoms with Gasteiger partial charge in [0.05, 0.1) is 18.5 Å². The molecule has 0 unspecified atom stereocenters. The molecule has 22 heavy (non-hydrogen) atoms. The van der Waals surface area contributed by atoms with Gasteiger partial charge in [0.1, 0.15) is 11.5 Å². The molecule has 0 atom stereocenters. The lowest BCUT2D eigenvalue weighted by Gasteiger charge is -2.34. The highest BCUT2D eigenvalue weighted by atomic mass is 16.5. The molecule has 2 amide bonds. The second-order valence-electron chi connectivity index (χ2n) is 5.43. The van der Waals surface area contributed by atoms with E-state index in [1.54, 1.807) is 6.26 Å². The van der Waals surface area contributed by atoms with E-state index in [1.807, 2.05) is 30.0 Å². The Balaban J connectivity index is 1.42. The summed E-state index contributed by atoms with van der Waals surface area (Å²) in [5.74, 6) is 1.58. The summed E-state index contributed by atoms with van der Waals surface area (Å²) in [4.78, 5) is 16.2. The summed E-state index contributed by atoms with van der Waals surface area (Å²) in [6.45, 7) is 6.16. The van der Waals surface area contributed by atoms with Crippen molar-refractivity contribution in [2.45, 2.75) is 20.0 Å². The van der Waals surface area contributed by atoms with E-state index < -0.39 is 0 Å². The molecule has 3 heterocycles. The van der Waals surface area contributed by atoms with Crippen molar-refractivity contribution in [3.8, 4) is 0 Å². The first kappa shape index (κ1) is 14.6. The van der Waals surface area contributed by atoms with Crippen LogP contribution in [0.25, 0.3) is 0 Å². The van der Waals surface area contributed by atoms with E-state index in [0.717, 1.165) is 36.8 Å². The molecule has 1 saturated heterocycles. The summed E-state index contributed by atoms with van der Waals surface area (Å²) in [5, 5.41) is 6.87. The van der Waals surface area contributed by atoms with E-state index in [4.69, 9.17) is 8.94 Å². The van der Waals surface area contributed by atoms with E-state index in [0.29, 0.717) is 19.6 Å². The number of rotatable bonds is 4. The fourth-order valence-electron chi connectivity index (χ4n) is 2.52. The van der Waals surface area contributed by atoms with Gasteiger partial charge in [-0.1, -0.05) is 5.16 Å². The van der Waals surface area contributed by atoms with Crippen LogP contribution in [0.3, 0.4) is 0 Å². The Labute approximate surface area is 128 Å². The van der Waals surface area contributed by atoms with Crippen molar-refractivity contribution in [1.82, 2.24) is 20.3 Å². The van der Waals surface area contributed by atoms with Crippen LogP contribution >= 0.6 is 0 Å². The van der Waals surface area contributed by atoms with Gasteiger partial charge >= 0.3 is 6.03 Å². The molecule has 118 valence electrons. The number of hydrogen-bond acceptors (Lipinski definition) is 5. The van der Waals surface area contributed by atoms with E-state index in [9.17, 15) is 4.79 Å². The number of carbonyl (C=O) groups excluding carboxylic acids is 1. The SMILES string of the molecule is Cc1cc(CN2CCN(C(=O)NCc3ccco3)CC2)no1. The van der Waals surface area contributed by atoms with Crippen LogP contribution in [0.1, 0.15) is 17.2 Å². The molecule has 0 saturated carbocycles. The smallest absolute Gasteiger partial charge is 0.317 e. The predicted octanol–water partition coefficient (Wildman–Crippen LogP) is 1.60. The molecule has 2 aromatic rings. The molecule has 2 aromatic heterocycles. The summed E-state index contributed by atoms with van der Waals surface area (Å²) in [6, 6.07) is 5.56. The van der Waals surface area contributed by atoms with Gasteiger partial charge < -0.3 is 19.2 Å².